The van der Waals surface area contributed by atoms with Crippen LogP contribution in [-0.4, -0.2) is 32.9 Å². The molecule has 0 aliphatic rings. The molecule has 132 valence electrons. The summed E-state index contributed by atoms with van der Waals surface area (Å²) in [6.45, 7) is 1.73. The van der Waals surface area contributed by atoms with Gasteiger partial charge in [-0.2, -0.15) is 10.1 Å². The summed E-state index contributed by atoms with van der Waals surface area (Å²) in [7, 11) is 3.54. The summed E-state index contributed by atoms with van der Waals surface area (Å²) >= 11 is 0. The van der Waals surface area contributed by atoms with Crippen molar-refractivity contribution in [1.29, 1.82) is 0 Å². The van der Waals surface area contributed by atoms with E-state index in [0.29, 0.717) is 17.4 Å². The van der Waals surface area contributed by atoms with Crippen LogP contribution in [0.1, 0.15) is 17.5 Å². The summed E-state index contributed by atoms with van der Waals surface area (Å²) in [6.07, 6.45) is 3.47. The van der Waals surface area contributed by atoms with Crippen LogP contribution in [0.15, 0.2) is 41.2 Å². The number of rotatable bonds is 5. The van der Waals surface area contributed by atoms with Crippen molar-refractivity contribution in [3.05, 3.63) is 48.1 Å². The van der Waals surface area contributed by atoms with Crippen LogP contribution in [0, 0.1) is 6.92 Å². The normalized spacial score (nSPS) is 11.6. The van der Waals surface area contributed by atoms with Crippen molar-refractivity contribution in [1.82, 2.24) is 25.2 Å². The fourth-order valence-electron chi connectivity index (χ4n) is 2.41. The number of nitrogens with zero attached hydrogens (tertiary/aromatic N) is 4. The molecule has 2 N–H and O–H groups in total. The molecule has 0 fully saturated rings. The predicted molar refractivity (Wildman–Crippen MR) is 95.4 cm³/mol. The summed E-state index contributed by atoms with van der Waals surface area (Å²) in [5.74, 6) is 0.805. The average Bonchev–Trinajstić information content (AvgIpc) is 3.17. The number of benzene rings is 1. The van der Waals surface area contributed by atoms with E-state index in [9.17, 15) is 4.79 Å². The van der Waals surface area contributed by atoms with Crippen LogP contribution in [0.3, 0.4) is 0 Å². The zero-order valence-electron chi connectivity index (χ0n) is 14.1. The van der Waals surface area contributed by atoms with Gasteiger partial charge in [0.05, 0.1) is 6.20 Å². The van der Waals surface area contributed by atoms with Gasteiger partial charge in [-0.1, -0.05) is 17.3 Å². The SMILES string of the molecule is CNC(C(=O)Nc1cccc(-c2noc(C)n2)c1)c1cnn(C)c1.Cl. The van der Waals surface area contributed by atoms with E-state index < -0.39 is 6.04 Å². The maximum Gasteiger partial charge on any atom is 0.246 e. The predicted octanol–water partition coefficient (Wildman–Crippen LogP) is 2.10. The van der Waals surface area contributed by atoms with E-state index in [-0.39, 0.29) is 18.3 Å². The molecule has 0 spiro atoms. The van der Waals surface area contributed by atoms with Crippen molar-refractivity contribution in [3.63, 3.8) is 0 Å². The highest BCUT2D eigenvalue weighted by Gasteiger charge is 2.20. The van der Waals surface area contributed by atoms with Gasteiger partial charge in [0, 0.05) is 37.0 Å². The van der Waals surface area contributed by atoms with Gasteiger partial charge in [0.15, 0.2) is 0 Å². The number of halogens is 1. The Kier molecular flexibility index (Phi) is 5.89. The number of aromatic nitrogens is 4. The third kappa shape index (κ3) is 4.23. The van der Waals surface area contributed by atoms with Gasteiger partial charge in [-0.25, -0.2) is 0 Å². The van der Waals surface area contributed by atoms with Crippen LogP contribution in [0.4, 0.5) is 5.69 Å². The summed E-state index contributed by atoms with van der Waals surface area (Å²) < 4.78 is 6.65. The first kappa shape index (κ1) is 18.6. The number of likely N-dealkylation sites (N-methyl/N-ethyl adjacent to an activating group) is 1. The lowest BCUT2D eigenvalue weighted by Gasteiger charge is -2.14. The van der Waals surface area contributed by atoms with Crippen LogP contribution in [0.25, 0.3) is 11.4 Å². The van der Waals surface area contributed by atoms with Crippen LogP contribution in [-0.2, 0) is 11.8 Å². The molecule has 1 unspecified atom stereocenters. The molecule has 3 aromatic rings. The Morgan fingerprint density at radius 2 is 2.16 bits per heavy atom. The molecule has 2 aromatic heterocycles. The Bertz CT molecular complexity index is 860. The lowest BCUT2D eigenvalue weighted by molar-refractivity contribution is -0.118. The molecule has 25 heavy (non-hydrogen) atoms. The fraction of sp³-hybridized carbons (Fsp3) is 0.250. The number of carbonyl (C=O) groups is 1. The third-order valence-corrected chi connectivity index (χ3v) is 3.52. The van der Waals surface area contributed by atoms with Crippen molar-refractivity contribution < 1.29 is 9.32 Å². The quantitative estimate of drug-likeness (QED) is 0.721. The van der Waals surface area contributed by atoms with Crippen molar-refractivity contribution in [2.75, 3.05) is 12.4 Å². The van der Waals surface area contributed by atoms with E-state index in [1.165, 1.54) is 0 Å². The Hall–Kier alpha value is -2.71. The van der Waals surface area contributed by atoms with Gasteiger partial charge in [-0.15, -0.1) is 12.4 Å². The van der Waals surface area contributed by atoms with E-state index in [1.54, 1.807) is 37.1 Å². The minimum absolute atomic E-state index is 0. The number of hydrogen-bond acceptors (Lipinski definition) is 6. The molecule has 9 heteroatoms. The van der Waals surface area contributed by atoms with Gasteiger partial charge < -0.3 is 15.2 Å². The molecule has 0 saturated heterocycles. The number of amides is 1. The minimum Gasteiger partial charge on any atom is -0.339 e. The molecule has 0 saturated carbocycles. The van der Waals surface area contributed by atoms with E-state index in [2.05, 4.69) is 25.9 Å². The standard InChI is InChI=1S/C16H18N6O2.ClH/c1-10-19-15(21-24-10)11-5-4-6-13(7-11)20-16(23)14(17-2)12-8-18-22(3)9-12;/h4-9,14,17H,1-3H3,(H,20,23);1H. The monoisotopic (exact) mass is 362 g/mol. The molecule has 0 radical (unpaired) electrons. The van der Waals surface area contributed by atoms with E-state index in [4.69, 9.17) is 4.52 Å². The number of aryl methyl sites for hydroxylation is 2. The minimum atomic E-state index is -0.491. The lowest BCUT2D eigenvalue weighted by Crippen LogP contribution is -2.30. The van der Waals surface area contributed by atoms with Crippen molar-refractivity contribution in [2.45, 2.75) is 13.0 Å². The van der Waals surface area contributed by atoms with E-state index in [1.807, 2.05) is 25.2 Å². The van der Waals surface area contributed by atoms with Gasteiger partial charge >= 0.3 is 0 Å². The molecule has 3 rings (SSSR count). The Morgan fingerprint density at radius 1 is 1.36 bits per heavy atom. The molecule has 8 nitrogen and oxygen atoms in total. The Labute approximate surface area is 151 Å². The molecule has 0 aliphatic carbocycles. The first-order valence-corrected chi connectivity index (χ1v) is 7.44. The smallest absolute Gasteiger partial charge is 0.246 e. The number of hydrogen-bond donors (Lipinski definition) is 2. The van der Waals surface area contributed by atoms with Crippen molar-refractivity contribution in [3.8, 4) is 11.4 Å². The van der Waals surface area contributed by atoms with E-state index in [0.717, 1.165) is 11.1 Å². The topological polar surface area (TPSA) is 97.9 Å². The highest BCUT2D eigenvalue weighted by atomic mass is 35.5. The molecule has 0 aliphatic heterocycles. The van der Waals surface area contributed by atoms with Crippen LogP contribution in [0.5, 0.6) is 0 Å². The summed E-state index contributed by atoms with van der Waals surface area (Å²) in [5.41, 5.74) is 2.22. The number of nitrogens with one attached hydrogen (secondary N) is 2. The van der Waals surface area contributed by atoms with Crippen molar-refractivity contribution in [2.24, 2.45) is 7.05 Å². The van der Waals surface area contributed by atoms with Crippen LogP contribution >= 0.6 is 12.4 Å². The largest absolute Gasteiger partial charge is 0.339 e. The highest BCUT2D eigenvalue weighted by Crippen LogP contribution is 2.21. The van der Waals surface area contributed by atoms with Gasteiger partial charge in [-0.05, 0) is 19.2 Å². The zero-order valence-corrected chi connectivity index (χ0v) is 14.9. The first-order chi connectivity index (χ1) is 11.6. The second-order valence-electron chi connectivity index (χ2n) is 5.38. The van der Waals surface area contributed by atoms with Gasteiger partial charge in [0.25, 0.3) is 0 Å². The number of anilines is 1. The molecule has 1 amide bonds. The molecule has 1 atom stereocenters. The van der Waals surface area contributed by atoms with Gasteiger partial charge in [0.1, 0.15) is 6.04 Å². The molecule has 1 aromatic carbocycles. The highest BCUT2D eigenvalue weighted by molar-refractivity contribution is 5.95. The number of carbonyl (C=O) groups excluding carboxylic acids is 1. The van der Waals surface area contributed by atoms with Crippen LogP contribution < -0.4 is 10.6 Å². The molecular formula is C16H19ClN6O2. The summed E-state index contributed by atoms with van der Waals surface area (Å²) in [5, 5.41) is 13.9. The molecule has 2 heterocycles. The maximum atomic E-state index is 12.5. The Morgan fingerprint density at radius 3 is 2.76 bits per heavy atom. The zero-order chi connectivity index (χ0) is 17.1. The summed E-state index contributed by atoms with van der Waals surface area (Å²) in [6, 6.07) is 6.81. The van der Waals surface area contributed by atoms with Crippen LogP contribution in [0.2, 0.25) is 0 Å². The maximum absolute atomic E-state index is 12.5. The molecular weight excluding hydrogens is 344 g/mol. The van der Waals surface area contributed by atoms with Gasteiger partial charge in [0.2, 0.25) is 17.6 Å². The average molecular weight is 363 g/mol. The third-order valence-electron chi connectivity index (χ3n) is 3.52. The molecule has 0 bridgehead atoms. The van der Waals surface area contributed by atoms with Crippen molar-refractivity contribution >= 4 is 24.0 Å². The first-order valence-electron chi connectivity index (χ1n) is 7.44. The second kappa shape index (κ2) is 7.91. The lowest BCUT2D eigenvalue weighted by atomic mass is 10.1. The van der Waals surface area contributed by atoms with Gasteiger partial charge in [-0.3, -0.25) is 9.48 Å². The summed E-state index contributed by atoms with van der Waals surface area (Å²) in [4.78, 5) is 16.7. The second-order valence-corrected chi connectivity index (χ2v) is 5.38. The van der Waals surface area contributed by atoms with E-state index >= 15 is 0 Å². The fourth-order valence-corrected chi connectivity index (χ4v) is 2.41. The Balaban J connectivity index is 0.00000225.